The van der Waals surface area contributed by atoms with E-state index in [1.807, 2.05) is 49.4 Å². The number of carbonyl (C=O) groups excluding carboxylic acids is 1. The van der Waals surface area contributed by atoms with Gasteiger partial charge in [0.25, 0.3) is 5.91 Å². The average molecular weight is 591 g/mol. The van der Waals surface area contributed by atoms with Crippen LogP contribution in [0.3, 0.4) is 0 Å². The Hall–Kier alpha value is -2.33. The van der Waals surface area contributed by atoms with Crippen molar-refractivity contribution in [1.82, 2.24) is 10.3 Å². The highest BCUT2D eigenvalue weighted by Crippen LogP contribution is 2.36. The molecule has 0 aliphatic heterocycles. The summed E-state index contributed by atoms with van der Waals surface area (Å²) in [6.07, 6.45) is 0. The van der Waals surface area contributed by atoms with Gasteiger partial charge in [-0.05, 0) is 83.6 Å². The normalized spacial score (nSPS) is 10.7. The van der Waals surface area contributed by atoms with Crippen LogP contribution in [0, 0.1) is 0 Å². The maximum atomic E-state index is 12.7. The number of hydrogen-bond acceptors (Lipinski definition) is 5. The minimum atomic E-state index is -0.315. The summed E-state index contributed by atoms with van der Waals surface area (Å²) in [5.41, 5.74) is 3.05. The second-order valence-corrected chi connectivity index (χ2v) is 9.87. The third-order valence-corrected chi connectivity index (χ3v) is 6.86. The smallest absolute Gasteiger partial charge is 0.257 e. The molecule has 0 bridgehead atoms. The summed E-state index contributed by atoms with van der Waals surface area (Å²) in [6.45, 7) is 2.45. The molecular weight excluding hydrogens is 574 g/mol. The second kappa shape index (κ2) is 10.1. The maximum Gasteiger partial charge on any atom is 0.257 e. The van der Waals surface area contributed by atoms with Gasteiger partial charge in [0.1, 0.15) is 10.8 Å². The van der Waals surface area contributed by atoms with Crippen molar-refractivity contribution in [2.75, 3.05) is 11.9 Å². The minimum Gasteiger partial charge on any atom is -0.493 e. The van der Waals surface area contributed by atoms with Gasteiger partial charge in [0.2, 0.25) is 0 Å². The van der Waals surface area contributed by atoms with E-state index in [2.05, 4.69) is 42.5 Å². The molecule has 0 aliphatic rings. The van der Waals surface area contributed by atoms with Gasteiger partial charge < -0.3 is 10.1 Å². The Morgan fingerprint density at radius 3 is 2.69 bits per heavy atom. The van der Waals surface area contributed by atoms with Crippen LogP contribution < -0.4 is 15.4 Å². The van der Waals surface area contributed by atoms with E-state index in [4.69, 9.17) is 21.9 Å². The van der Waals surface area contributed by atoms with E-state index >= 15 is 0 Å². The number of thiazole rings is 1. The van der Waals surface area contributed by atoms with Gasteiger partial charge in [-0.3, -0.25) is 10.1 Å². The molecule has 4 rings (SSSR count). The quantitative estimate of drug-likeness (QED) is 0.245. The number of thiocarbonyl (C=S) groups is 1. The van der Waals surface area contributed by atoms with Gasteiger partial charge in [0, 0.05) is 15.6 Å². The van der Waals surface area contributed by atoms with Gasteiger partial charge in [0.05, 0.1) is 27.0 Å². The topological polar surface area (TPSA) is 63.2 Å². The van der Waals surface area contributed by atoms with Crippen molar-refractivity contribution in [2.45, 2.75) is 6.92 Å². The zero-order valence-electron chi connectivity index (χ0n) is 16.8. The number of rotatable bonds is 5. The number of ether oxygens (including phenoxy) is 1. The van der Waals surface area contributed by atoms with E-state index in [1.54, 1.807) is 29.5 Å². The summed E-state index contributed by atoms with van der Waals surface area (Å²) in [4.78, 5) is 17.4. The average Bonchev–Trinajstić information content (AvgIpc) is 3.20. The molecule has 162 valence electrons. The van der Waals surface area contributed by atoms with Gasteiger partial charge in [-0.1, -0.05) is 28.1 Å². The molecule has 0 fully saturated rings. The Morgan fingerprint density at radius 1 is 1.12 bits per heavy atom. The van der Waals surface area contributed by atoms with Crippen molar-refractivity contribution in [3.63, 3.8) is 0 Å². The number of halogens is 2. The number of nitrogens with one attached hydrogen (secondary N) is 2. The molecule has 0 unspecified atom stereocenters. The van der Waals surface area contributed by atoms with Gasteiger partial charge in [-0.15, -0.1) is 11.3 Å². The zero-order chi connectivity index (χ0) is 22.7. The highest BCUT2D eigenvalue weighted by atomic mass is 79.9. The highest BCUT2D eigenvalue weighted by molar-refractivity contribution is 9.10. The fraction of sp³-hybridized carbons (Fsp3) is 0.0870. The van der Waals surface area contributed by atoms with E-state index in [-0.39, 0.29) is 11.0 Å². The number of aromatic nitrogens is 1. The predicted octanol–water partition coefficient (Wildman–Crippen LogP) is 7.01. The van der Waals surface area contributed by atoms with Crippen LogP contribution in [0.4, 0.5) is 5.69 Å². The van der Waals surface area contributed by atoms with Crippen LogP contribution in [-0.4, -0.2) is 22.6 Å². The van der Waals surface area contributed by atoms with Gasteiger partial charge in [0.15, 0.2) is 5.11 Å². The Labute approximate surface area is 211 Å². The number of anilines is 1. The maximum absolute atomic E-state index is 12.7. The molecule has 3 aromatic carbocycles. The summed E-state index contributed by atoms with van der Waals surface area (Å²) in [5.74, 6) is 0.366. The minimum absolute atomic E-state index is 0.199. The standard InChI is InChI=1S/C23H17Br2N3O2S2/c1-2-30-19-10-7-13(11-16(19)25)21(29)28-23(31)27-17-9-8-14(24)12-15(17)22-26-18-5-3-4-6-20(18)32-22/h3-12H,2H2,1H3,(H2,27,28,29,31). The number of nitrogens with zero attached hydrogens (tertiary/aromatic N) is 1. The summed E-state index contributed by atoms with van der Waals surface area (Å²) in [7, 11) is 0. The largest absolute Gasteiger partial charge is 0.493 e. The van der Waals surface area contributed by atoms with Crippen LogP contribution in [-0.2, 0) is 0 Å². The van der Waals surface area contributed by atoms with Crippen LogP contribution in [0.25, 0.3) is 20.8 Å². The van der Waals surface area contributed by atoms with Crippen molar-refractivity contribution < 1.29 is 9.53 Å². The lowest BCUT2D eigenvalue weighted by molar-refractivity contribution is 0.0977. The fourth-order valence-electron chi connectivity index (χ4n) is 3.03. The van der Waals surface area contributed by atoms with Crippen molar-refractivity contribution in [3.8, 4) is 16.3 Å². The van der Waals surface area contributed by atoms with Crippen LogP contribution in [0.5, 0.6) is 5.75 Å². The highest BCUT2D eigenvalue weighted by Gasteiger charge is 2.15. The number of benzene rings is 3. The number of para-hydroxylation sites is 1. The van der Waals surface area contributed by atoms with E-state index in [1.165, 1.54) is 0 Å². The molecule has 1 heterocycles. The first-order chi connectivity index (χ1) is 15.4. The van der Waals surface area contributed by atoms with Crippen LogP contribution in [0.1, 0.15) is 17.3 Å². The van der Waals surface area contributed by atoms with Crippen LogP contribution in [0.15, 0.2) is 69.6 Å². The Balaban J connectivity index is 1.53. The molecule has 9 heteroatoms. The monoisotopic (exact) mass is 589 g/mol. The molecule has 0 aliphatic carbocycles. The Bertz CT molecular complexity index is 1290. The van der Waals surface area contributed by atoms with E-state index in [0.29, 0.717) is 22.4 Å². The molecule has 32 heavy (non-hydrogen) atoms. The van der Waals surface area contributed by atoms with Crippen molar-refractivity contribution in [2.24, 2.45) is 0 Å². The summed E-state index contributed by atoms with van der Waals surface area (Å²) in [5, 5.41) is 6.93. The first kappa shape index (κ1) is 22.8. The van der Waals surface area contributed by atoms with Gasteiger partial charge in [-0.25, -0.2) is 4.98 Å². The number of carbonyl (C=O) groups is 1. The van der Waals surface area contributed by atoms with Crippen molar-refractivity contribution >= 4 is 82.3 Å². The molecule has 2 N–H and O–H groups in total. The Kier molecular flexibility index (Phi) is 7.20. The molecule has 0 saturated carbocycles. The van der Waals surface area contributed by atoms with E-state index in [9.17, 15) is 4.79 Å². The Morgan fingerprint density at radius 2 is 1.94 bits per heavy atom. The third kappa shape index (κ3) is 5.17. The molecule has 5 nitrogen and oxygen atoms in total. The molecule has 0 radical (unpaired) electrons. The molecule has 0 spiro atoms. The zero-order valence-corrected chi connectivity index (χ0v) is 21.6. The fourth-order valence-corrected chi connectivity index (χ4v) is 5.09. The molecule has 4 aromatic rings. The van der Waals surface area contributed by atoms with Gasteiger partial charge >= 0.3 is 0 Å². The summed E-state index contributed by atoms with van der Waals surface area (Å²) >= 11 is 14.0. The molecule has 1 amide bonds. The second-order valence-electron chi connectivity index (χ2n) is 6.66. The third-order valence-electron chi connectivity index (χ3n) is 4.48. The molecule has 0 saturated heterocycles. The number of amides is 1. The predicted molar refractivity (Wildman–Crippen MR) is 142 cm³/mol. The number of hydrogen-bond donors (Lipinski definition) is 2. The lowest BCUT2D eigenvalue weighted by Gasteiger charge is -2.13. The molecule has 1 aromatic heterocycles. The van der Waals surface area contributed by atoms with Gasteiger partial charge in [-0.2, -0.15) is 0 Å². The molecule has 0 atom stereocenters. The number of fused-ring (bicyclic) bond motifs is 1. The molecular formula is C23H17Br2N3O2S2. The van der Waals surface area contributed by atoms with E-state index in [0.717, 1.165) is 30.9 Å². The lowest BCUT2D eigenvalue weighted by atomic mass is 10.2. The van der Waals surface area contributed by atoms with Crippen LogP contribution in [0.2, 0.25) is 0 Å². The van der Waals surface area contributed by atoms with Crippen molar-refractivity contribution in [1.29, 1.82) is 0 Å². The summed E-state index contributed by atoms with van der Waals surface area (Å²) in [6, 6.07) is 18.9. The lowest BCUT2D eigenvalue weighted by Crippen LogP contribution is -2.34. The SMILES string of the molecule is CCOc1ccc(C(=O)NC(=S)Nc2ccc(Br)cc2-c2nc3ccccc3s2)cc1Br. The van der Waals surface area contributed by atoms with Crippen LogP contribution >= 0.6 is 55.4 Å². The summed E-state index contributed by atoms with van der Waals surface area (Å²) < 4.78 is 8.22. The first-order valence-corrected chi connectivity index (χ1v) is 12.5. The van der Waals surface area contributed by atoms with E-state index < -0.39 is 0 Å². The first-order valence-electron chi connectivity index (χ1n) is 9.64. The van der Waals surface area contributed by atoms with Crippen molar-refractivity contribution in [3.05, 3.63) is 75.2 Å².